The van der Waals surface area contributed by atoms with E-state index in [1.807, 2.05) is 78.2 Å². The van der Waals surface area contributed by atoms with Crippen LogP contribution in [0.3, 0.4) is 0 Å². The summed E-state index contributed by atoms with van der Waals surface area (Å²) >= 11 is 1.60. The fourth-order valence-electron chi connectivity index (χ4n) is 4.98. The van der Waals surface area contributed by atoms with Crippen molar-refractivity contribution in [3.05, 3.63) is 41.0 Å². The third-order valence-electron chi connectivity index (χ3n) is 7.23. The first-order valence-electron chi connectivity index (χ1n) is 14.7. The van der Waals surface area contributed by atoms with Crippen molar-refractivity contribution in [3.63, 3.8) is 0 Å². The number of likely N-dealkylation sites (tertiary alicyclic amines) is 1. The number of carbonyl (C=O) groups excluding carboxylic acids is 3. The quantitative estimate of drug-likeness (QED) is 0.311. The van der Waals surface area contributed by atoms with Crippen molar-refractivity contribution in [1.29, 1.82) is 0 Å². The average Bonchev–Trinajstić information content (AvgIpc) is 3.60. The minimum absolute atomic E-state index is 0.101. The molecule has 3 atom stereocenters. The highest BCUT2D eigenvalue weighted by Crippen LogP contribution is 2.29. The first kappa shape index (κ1) is 33.6. The maximum Gasteiger partial charge on any atom is 0.246 e. The van der Waals surface area contributed by atoms with Gasteiger partial charge in [0.05, 0.1) is 28.7 Å². The highest BCUT2D eigenvalue weighted by atomic mass is 32.1. The normalized spacial score (nSPS) is 16.9. The summed E-state index contributed by atoms with van der Waals surface area (Å²) in [5.74, 6) is -0.885. The van der Waals surface area contributed by atoms with Crippen LogP contribution in [0.1, 0.15) is 71.7 Å². The number of ether oxygens (including phenoxy) is 3. The van der Waals surface area contributed by atoms with Gasteiger partial charge in [0, 0.05) is 19.8 Å². The number of nitrogens with zero attached hydrogens (tertiary/aromatic N) is 2. The van der Waals surface area contributed by atoms with Crippen LogP contribution in [0.15, 0.2) is 29.8 Å². The predicted octanol–water partition coefficient (Wildman–Crippen LogP) is 4.23. The molecule has 1 saturated heterocycles. The minimum Gasteiger partial charge on any atom is -0.366 e. The number of aromatic nitrogens is 1. The molecule has 1 aromatic heterocycles. The van der Waals surface area contributed by atoms with Gasteiger partial charge < -0.3 is 29.7 Å². The van der Waals surface area contributed by atoms with E-state index < -0.39 is 29.7 Å². The van der Waals surface area contributed by atoms with E-state index in [1.54, 1.807) is 16.2 Å². The van der Waals surface area contributed by atoms with Crippen LogP contribution < -0.4 is 10.6 Å². The lowest BCUT2D eigenvalue weighted by molar-refractivity contribution is -0.169. The second-order valence-electron chi connectivity index (χ2n) is 11.5. The van der Waals surface area contributed by atoms with Gasteiger partial charge in [-0.3, -0.25) is 14.4 Å². The Hall–Kier alpha value is -2.86. The van der Waals surface area contributed by atoms with Gasteiger partial charge in [0.1, 0.15) is 18.7 Å². The Kier molecular flexibility index (Phi) is 12.5. The van der Waals surface area contributed by atoms with Crippen LogP contribution in [0.25, 0.3) is 10.4 Å². The van der Waals surface area contributed by atoms with Gasteiger partial charge >= 0.3 is 0 Å². The molecule has 2 N–H and O–H groups in total. The van der Waals surface area contributed by atoms with Gasteiger partial charge in [0.2, 0.25) is 17.7 Å². The minimum atomic E-state index is -0.822. The fraction of sp³-hybridized carbons (Fsp3) is 0.613. The monoisotopic (exact) mass is 602 g/mol. The first-order valence-corrected chi connectivity index (χ1v) is 15.6. The third-order valence-corrected chi connectivity index (χ3v) is 8.20. The molecule has 0 aliphatic carbocycles. The van der Waals surface area contributed by atoms with Gasteiger partial charge in [-0.1, -0.05) is 45.0 Å². The van der Waals surface area contributed by atoms with E-state index in [-0.39, 0.29) is 31.1 Å². The lowest BCUT2D eigenvalue weighted by Crippen LogP contribution is -2.58. The molecule has 10 nitrogen and oxygen atoms in total. The lowest BCUT2D eigenvalue weighted by atomic mass is 9.85. The molecule has 2 aromatic rings. The van der Waals surface area contributed by atoms with Crippen LogP contribution in [0.5, 0.6) is 0 Å². The molecule has 11 heteroatoms. The van der Waals surface area contributed by atoms with Crippen molar-refractivity contribution in [1.82, 2.24) is 20.5 Å². The number of thiazole rings is 1. The van der Waals surface area contributed by atoms with E-state index in [0.29, 0.717) is 32.6 Å². The summed E-state index contributed by atoms with van der Waals surface area (Å²) in [6.45, 7) is 14.5. The predicted molar refractivity (Wildman–Crippen MR) is 163 cm³/mol. The Balaban J connectivity index is 1.60. The van der Waals surface area contributed by atoms with E-state index in [4.69, 9.17) is 14.2 Å². The molecule has 1 aliphatic heterocycles. The van der Waals surface area contributed by atoms with Crippen molar-refractivity contribution in [3.8, 4) is 10.4 Å². The molecule has 0 bridgehead atoms. The maximum absolute atomic E-state index is 13.8. The summed E-state index contributed by atoms with van der Waals surface area (Å²) in [5, 5.41) is 5.94. The summed E-state index contributed by atoms with van der Waals surface area (Å²) in [6.07, 6.45) is 0.725. The zero-order valence-corrected chi connectivity index (χ0v) is 26.7. The van der Waals surface area contributed by atoms with Crippen molar-refractivity contribution >= 4 is 29.1 Å². The number of hydrogen-bond acceptors (Lipinski definition) is 8. The molecule has 1 aromatic carbocycles. The van der Waals surface area contributed by atoms with Gasteiger partial charge in [-0.2, -0.15) is 0 Å². The summed E-state index contributed by atoms with van der Waals surface area (Å²) in [4.78, 5) is 47.0. The van der Waals surface area contributed by atoms with Crippen molar-refractivity contribution in [2.24, 2.45) is 5.41 Å². The Bertz CT molecular complexity index is 1170. The smallest absolute Gasteiger partial charge is 0.246 e. The van der Waals surface area contributed by atoms with E-state index in [2.05, 4.69) is 15.6 Å². The van der Waals surface area contributed by atoms with Crippen molar-refractivity contribution in [2.75, 3.05) is 33.0 Å². The van der Waals surface area contributed by atoms with Crippen LogP contribution >= 0.6 is 11.3 Å². The molecule has 0 saturated carbocycles. The number of hydrogen-bond donors (Lipinski definition) is 2. The van der Waals surface area contributed by atoms with Gasteiger partial charge in [0.25, 0.3) is 0 Å². The lowest BCUT2D eigenvalue weighted by Gasteiger charge is -2.35. The molecule has 3 rings (SSSR count). The molecule has 42 heavy (non-hydrogen) atoms. The zero-order chi connectivity index (χ0) is 30.9. The number of nitrogens with one attached hydrogen (secondary N) is 2. The van der Waals surface area contributed by atoms with E-state index >= 15 is 0 Å². The average molecular weight is 603 g/mol. The summed E-state index contributed by atoms with van der Waals surface area (Å²) in [7, 11) is 0. The second kappa shape index (κ2) is 15.6. The van der Waals surface area contributed by atoms with Crippen LogP contribution in [0.2, 0.25) is 0 Å². The standard InChI is InChI=1S/C31H46N4O6S/c1-8-40-26(41-9-2)18-39-17-25(36)34-28(31(5,6)7)30(38)35-16-10-11-24(35)29(37)33-20(3)22-12-14-23(15-13-22)27-21(4)32-19-42-27/h12-15,19-20,24,26,28H,8-11,16-18H2,1-7H3,(H,33,37)(H,34,36). The highest BCUT2D eigenvalue weighted by Gasteiger charge is 2.42. The highest BCUT2D eigenvalue weighted by molar-refractivity contribution is 7.13. The van der Waals surface area contributed by atoms with Gasteiger partial charge in [-0.05, 0) is 57.1 Å². The fourth-order valence-corrected chi connectivity index (χ4v) is 5.79. The Morgan fingerprint density at radius 3 is 2.33 bits per heavy atom. The zero-order valence-electron chi connectivity index (χ0n) is 25.9. The van der Waals surface area contributed by atoms with E-state index in [0.717, 1.165) is 21.7 Å². The molecule has 1 aliphatic rings. The topological polar surface area (TPSA) is 119 Å². The Morgan fingerprint density at radius 1 is 1.10 bits per heavy atom. The Morgan fingerprint density at radius 2 is 1.76 bits per heavy atom. The van der Waals surface area contributed by atoms with Crippen LogP contribution in [0, 0.1) is 12.3 Å². The Labute approximate surface area is 253 Å². The van der Waals surface area contributed by atoms with E-state index in [9.17, 15) is 14.4 Å². The summed E-state index contributed by atoms with van der Waals surface area (Å²) in [6, 6.07) is 6.44. The molecular formula is C31H46N4O6S. The number of carbonyl (C=O) groups is 3. The number of aryl methyl sites for hydroxylation is 1. The molecule has 0 spiro atoms. The molecule has 2 heterocycles. The number of rotatable bonds is 14. The first-order chi connectivity index (χ1) is 20.0. The van der Waals surface area contributed by atoms with Gasteiger partial charge in [-0.25, -0.2) is 4.98 Å². The molecule has 3 amide bonds. The summed E-state index contributed by atoms with van der Waals surface area (Å²) in [5.41, 5.74) is 4.31. The molecule has 1 fully saturated rings. The molecular weight excluding hydrogens is 556 g/mol. The molecule has 0 radical (unpaired) electrons. The number of amides is 3. The SMILES string of the molecule is CCOC(COCC(=O)NC(C(=O)N1CCCC1C(=O)NC(C)c1ccc(-c2scnc2C)cc1)C(C)(C)C)OCC. The molecule has 232 valence electrons. The van der Waals surface area contributed by atoms with Gasteiger partial charge in [0.15, 0.2) is 6.29 Å². The molecule has 3 unspecified atom stereocenters. The second-order valence-corrected chi connectivity index (χ2v) is 12.4. The van der Waals surface area contributed by atoms with Gasteiger partial charge in [-0.15, -0.1) is 11.3 Å². The van der Waals surface area contributed by atoms with Crippen LogP contribution in [0.4, 0.5) is 0 Å². The van der Waals surface area contributed by atoms with E-state index in [1.165, 1.54) is 0 Å². The van der Waals surface area contributed by atoms with Crippen molar-refractivity contribution in [2.45, 2.75) is 85.7 Å². The maximum atomic E-state index is 13.8. The summed E-state index contributed by atoms with van der Waals surface area (Å²) < 4.78 is 16.4. The number of benzene rings is 1. The largest absolute Gasteiger partial charge is 0.366 e. The van der Waals surface area contributed by atoms with Crippen LogP contribution in [-0.4, -0.2) is 79.0 Å². The van der Waals surface area contributed by atoms with Crippen LogP contribution in [-0.2, 0) is 28.6 Å². The van der Waals surface area contributed by atoms with Crippen molar-refractivity contribution < 1.29 is 28.6 Å². The third kappa shape index (κ3) is 9.07.